The molecule has 0 amide bonds. The molecule has 0 spiro atoms. The number of sulfonamides is 1. The Balaban J connectivity index is 3.17. The van der Waals surface area contributed by atoms with E-state index < -0.39 is 15.6 Å². The van der Waals surface area contributed by atoms with E-state index in [0.717, 1.165) is 0 Å². The largest absolute Gasteiger partial charge is 0.495 e. The zero-order valence-corrected chi connectivity index (χ0v) is 10.8. The van der Waals surface area contributed by atoms with Crippen LogP contribution in [-0.4, -0.2) is 21.1 Å². The van der Waals surface area contributed by atoms with E-state index in [4.69, 9.17) is 4.74 Å². The maximum absolute atomic E-state index is 12.0. The van der Waals surface area contributed by atoms with Crippen molar-refractivity contribution < 1.29 is 13.2 Å². The molecule has 0 saturated carbocycles. The van der Waals surface area contributed by atoms with Gasteiger partial charge in [0.25, 0.3) is 0 Å². The van der Waals surface area contributed by atoms with E-state index in [1.165, 1.54) is 13.2 Å². The molecule has 1 aromatic carbocycles. The highest BCUT2D eigenvalue weighted by atomic mass is 32.2. The lowest BCUT2D eigenvalue weighted by atomic mass is 10.1. The summed E-state index contributed by atoms with van der Waals surface area (Å²) in [7, 11) is -2.09. The maximum atomic E-state index is 12.0. The molecule has 1 N–H and O–H groups in total. The predicted octanol–water partition coefficient (Wildman–Crippen LogP) is 1.77. The van der Waals surface area contributed by atoms with Crippen molar-refractivity contribution >= 4 is 10.0 Å². The highest BCUT2D eigenvalue weighted by Crippen LogP contribution is 2.23. The van der Waals surface area contributed by atoms with Gasteiger partial charge in [-0.05, 0) is 32.9 Å². The summed E-state index contributed by atoms with van der Waals surface area (Å²) in [6.45, 7) is 5.37. The standard InChI is InChI=1S/C11H17NO3S/c1-11(2,3)12-16(13,14)10-8-6-5-7-9(10)15-4/h5-8,12H,1-4H3. The molecular formula is C11H17NO3S. The molecule has 1 aromatic rings. The van der Waals surface area contributed by atoms with E-state index in [-0.39, 0.29) is 4.90 Å². The Morgan fingerprint density at radius 3 is 2.25 bits per heavy atom. The van der Waals surface area contributed by atoms with Crippen LogP contribution in [0.1, 0.15) is 20.8 Å². The van der Waals surface area contributed by atoms with E-state index in [1.54, 1.807) is 39.0 Å². The Bertz CT molecular complexity index is 460. The molecule has 4 nitrogen and oxygen atoms in total. The minimum atomic E-state index is -3.54. The van der Waals surface area contributed by atoms with Gasteiger partial charge in [-0.3, -0.25) is 0 Å². The second-order valence-corrected chi connectivity index (χ2v) is 6.16. The summed E-state index contributed by atoms with van der Waals surface area (Å²) in [6.07, 6.45) is 0. The van der Waals surface area contributed by atoms with Crippen molar-refractivity contribution in [3.63, 3.8) is 0 Å². The van der Waals surface area contributed by atoms with Gasteiger partial charge in [0, 0.05) is 5.54 Å². The van der Waals surface area contributed by atoms with Crippen molar-refractivity contribution in [3.05, 3.63) is 24.3 Å². The molecule has 0 aromatic heterocycles. The predicted molar refractivity (Wildman–Crippen MR) is 63.1 cm³/mol. The minimum absolute atomic E-state index is 0.160. The molecule has 16 heavy (non-hydrogen) atoms. The molecule has 0 aliphatic carbocycles. The second-order valence-electron chi connectivity index (χ2n) is 4.51. The fourth-order valence-corrected chi connectivity index (χ4v) is 2.89. The summed E-state index contributed by atoms with van der Waals surface area (Å²) in [5, 5.41) is 0. The number of hydrogen-bond donors (Lipinski definition) is 1. The number of hydrogen-bond acceptors (Lipinski definition) is 3. The first-order valence-electron chi connectivity index (χ1n) is 4.93. The first-order valence-corrected chi connectivity index (χ1v) is 6.41. The van der Waals surface area contributed by atoms with Crippen LogP contribution in [0, 0.1) is 0 Å². The lowest BCUT2D eigenvalue weighted by Crippen LogP contribution is -2.40. The number of benzene rings is 1. The normalized spacial score (nSPS) is 12.5. The summed E-state index contributed by atoms with van der Waals surface area (Å²) in [5.74, 6) is 0.347. The molecule has 5 heteroatoms. The summed E-state index contributed by atoms with van der Waals surface area (Å²) < 4.78 is 31.7. The van der Waals surface area contributed by atoms with Gasteiger partial charge >= 0.3 is 0 Å². The van der Waals surface area contributed by atoms with Crippen molar-refractivity contribution in [2.75, 3.05) is 7.11 Å². The topological polar surface area (TPSA) is 55.4 Å². The number of rotatable bonds is 3. The van der Waals surface area contributed by atoms with E-state index in [1.807, 2.05) is 0 Å². The molecule has 0 unspecified atom stereocenters. The number of ether oxygens (including phenoxy) is 1. The zero-order chi connectivity index (χ0) is 12.4. The van der Waals surface area contributed by atoms with E-state index in [2.05, 4.69) is 4.72 Å². The van der Waals surface area contributed by atoms with Gasteiger partial charge in [0.15, 0.2) is 0 Å². The monoisotopic (exact) mass is 243 g/mol. The third-order valence-electron chi connectivity index (χ3n) is 1.80. The number of para-hydroxylation sites is 1. The van der Waals surface area contributed by atoms with E-state index in [9.17, 15) is 8.42 Å². The van der Waals surface area contributed by atoms with Crippen molar-refractivity contribution in [2.45, 2.75) is 31.2 Å². The van der Waals surface area contributed by atoms with Gasteiger partial charge in [-0.1, -0.05) is 12.1 Å². The molecule has 0 heterocycles. The average Bonchev–Trinajstić information content (AvgIpc) is 2.14. The van der Waals surface area contributed by atoms with Crippen LogP contribution in [0.2, 0.25) is 0 Å². The summed E-state index contributed by atoms with van der Waals surface area (Å²) >= 11 is 0. The Kier molecular flexibility index (Phi) is 3.60. The molecule has 0 aliphatic rings. The van der Waals surface area contributed by atoms with Gasteiger partial charge in [0.1, 0.15) is 10.6 Å². The van der Waals surface area contributed by atoms with Crippen LogP contribution in [0.5, 0.6) is 5.75 Å². The molecule has 0 fully saturated rings. The first kappa shape index (κ1) is 13.0. The van der Waals surface area contributed by atoms with Crippen LogP contribution >= 0.6 is 0 Å². The Hall–Kier alpha value is -1.07. The van der Waals surface area contributed by atoms with Gasteiger partial charge in [-0.25, -0.2) is 13.1 Å². The van der Waals surface area contributed by atoms with Crippen LogP contribution in [0.4, 0.5) is 0 Å². The average molecular weight is 243 g/mol. The lowest BCUT2D eigenvalue weighted by molar-refractivity contribution is 0.401. The first-order chi connectivity index (χ1) is 7.26. The van der Waals surface area contributed by atoms with Crippen LogP contribution in [0.3, 0.4) is 0 Å². The quantitative estimate of drug-likeness (QED) is 0.880. The van der Waals surface area contributed by atoms with Crippen molar-refractivity contribution in [1.82, 2.24) is 4.72 Å². The van der Waals surface area contributed by atoms with Gasteiger partial charge in [0.05, 0.1) is 7.11 Å². The summed E-state index contributed by atoms with van der Waals surface area (Å²) in [5.41, 5.74) is -0.514. The molecule has 0 bridgehead atoms. The Labute approximate surface area is 96.7 Å². The third-order valence-corrected chi connectivity index (χ3v) is 3.60. The fourth-order valence-electron chi connectivity index (χ4n) is 1.30. The Morgan fingerprint density at radius 2 is 1.75 bits per heavy atom. The van der Waals surface area contributed by atoms with E-state index >= 15 is 0 Å². The fraction of sp³-hybridized carbons (Fsp3) is 0.455. The van der Waals surface area contributed by atoms with Crippen LogP contribution in [0.15, 0.2) is 29.2 Å². The van der Waals surface area contributed by atoms with Crippen molar-refractivity contribution in [2.24, 2.45) is 0 Å². The SMILES string of the molecule is COc1ccccc1S(=O)(=O)NC(C)(C)C. The van der Waals surface area contributed by atoms with Gasteiger partial charge in [0.2, 0.25) is 10.0 Å². The van der Waals surface area contributed by atoms with Crippen LogP contribution < -0.4 is 9.46 Å². The molecule has 0 saturated heterocycles. The summed E-state index contributed by atoms with van der Waals surface area (Å²) in [6, 6.07) is 6.54. The highest BCUT2D eigenvalue weighted by molar-refractivity contribution is 7.89. The minimum Gasteiger partial charge on any atom is -0.495 e. The smallest absolute Gasteiger partial charge is 0.244 e. The molecule has 90 valence electrons. The van der Waals surface area contributed by atoms with E-state index in [0.29, 0.717) is 5.75 Å². The number of nitrogens with one attached hydrogen (secondary N) is 1. The summed E-state index contributed by atoms with van der Waals surface area (Å²) in [4.78, 5) is 0.160. The third kappa shape index (κ3) is 3.21. The molecule has 0 radical (unpaired) electrons. The Morgan fingerprint density at radius 1 is 1.19 bits per heavy atom. The highest BCUT2D eigenvalue weighted by Gasteiger charge is 2.24. The zero-order valence-electron chi connectivity index (χ0n) is 9.94. The van der Waals surface area contributed by atoms with Crippen molar-refractivity contribution in [1.29, 1.82) is 0 Å². The van der Waals surface area contributed by atoms with Gasteiger partial charge in [-0.2, -0.15) is 0 Å². The molecular weight excluding hydrogens is 226 g/mol. The lowest BCUT2D eigenvalue weighted by Gasteiger charge is -2.21. The van der Waals surface area contributed by atoms with Crippen LogP contribution in [0.25, 0.3) is 0 Å². The van der Waals surface area contributed by atoms with Crippen molar-refractivity contribution in [3.8, 4) is 5.75 Å². The van der Waals surface area contributed by atoms with Gasteiger partial charge in [-0.15, -0.1) is 0 Å². The molecule has 0 atom stereocenters. The maximum Gasteiger partial charge on any atom is 0.244 e. The van der Waals surface area contributed by atoms with Gasteiger partial charge < -0.3 is 4.74 Å². The number of methoxy groups -OCH3 is 1. The molecule has 0 aliphatic heterocycles. The van der Waals surface area contributed by atoms with Crippen LogP contribution in [-0.2, 0) is 10.0 Å². The second kappa shape index (κ2) is 4.43. The molecule has 1 rings (SSSR count).